The molecule has 0 radical (unpaired) electrons. The second kappa shape index (κ2) is 4.69. The third kappa shape index (κ3) is 1.79. The molecule has 4 aliphatic rings. The van der Waals surface area contributed by atoms with Crippen molar-refractivity contribution in [2.24, 2.45) is 34.5 Å². The van der Waals surface area contributed by atoms with Gasteiger partial charge in [-0.05, 0) is 67.6 Å². The van der Waals surface area contributed by atoms with Crippen LogP contribution in [-0.2, 0) is 4.79 Å². The van der Waals surface area contributed by atoms with Crippen LogP contribution in [0.25, 0.3) is 0 Å². The van der Waals surface area contributed by atoms with Gasteiger partial charge in [0.1, 0.15) is 5.78 Å². The SMILES string of the molecule is C[C@@H]1C[C@@]2(C)C(=CC[C@@H]3[C@@H]2CC[C@]2(C)C(=O)CC[C@@H]32)C[C@@H]1O. The van der Waals surface area contributed by atoms with Crippen molar-refractivity contribution in [3.05, 3.63) is 11.6 Å². The van der Waals surface area contributed by atoms with Crippen molar-refractivity contribution < 1.29 is 9.90 Å². The van der Waals surface area contributed by atoms with Crippen LogP contribution in [0.5, 0.6) is 0 Å². The van der Waals surface area contributed by atoms with Gasteiger partial charge in [0.05, 0.1) is 6.10 Å². The van der Waals surface area contributed by atoms with Crippen LogP contribution in [0, 0.1) is 34.5 Å². The van der Waals surface area contributed by atoms with Gasteiger partial charge in [-0.3, -0.25) is 4.79 Å². The van der Waals surface area contributed by atoms with E-state index in [1.165, 1.54) is 12.0 Å². The van der Waals surface area contributed by atoms with Gasteiger partial charge in [0.25, 0.3) is 0 Å². The standard InChI is InChI=1S/C20H30O2/c1-12-11-20(3)13(10-17(12)21)4-5-14-15-6-7-18(22)19(15,2)9-8-16(14)20/h4,12,14-17,21H,5-11H2,1-3H3/t12-,14+,15+,16+,17+,19+,20+/m1/s1. The Balaban J connectivity index is 1.70. The fraction of sp³-hybridized carbons (Fsp3) is 0.850. The molecule has 0 bridgehead atoms. The summed E-state index contributed by atoms with van der Waals surface area (Å²) in [5.41, 5.74) is 1.77. The molecule has 0 aromatic heterocycles. The Morgan fingerprint density at radius 2 is 1.91 bits per heavy atom. The van der Waals surface area contributed by atoms with E-state index in [9.17, 15) is 9.90 Å². The van der Waals surface area contributed by atoms with E-state index in [0.29, 0.717) is 23.5 Å². The molecule has 4 rings (SSSR count). The van der Waals surface area contributed by atoms with Gasteiger partial charge < -0.3 is 5.11 Å². The van der Waals surface area contributed by atoms with Crippen LogP contribution >= 0.6 is 0 Å². The Kier molecular flexibility index (Phi) is 3.18. The smallest absolute Gasteiger partial charge is 0.139 e. The second-order valence-electron chi connectivity index (χ2n) is 9.13. The van der Waals surface area contributed by atoms with Gasteiger partial charge >= 0.3 is 0 Å². The minimum atomic E-state index is -0.155. The summed E-state index contributed by atoms with van der Waals surface area (Å²) in [6, 6.07) is 0. The van der Waals surface area contributed by atoms with Crippen LogP contribution in [0.1, 0.15) is 65.7 Å². The topological polar surface area (TPSA) is 37.3 Å². The quantitative estimate of drug-likeness (QED) is 0.683. The van der Waals surface area contributed by atoms with Crippen molar-refractivity contribution >= 4 is 5.78 Å². The normalized spacial score (nSPS) is 54.3. The average molecular weight is 302 g/mol. The Labute approximate surface area is 134 Å². The molecule has 0 spiro atoms. The first-order chi connectivity index (χ1) is 10.4. The molecule has 7 atom stereocenters. The van der Waals surface area contributed by atoms with Gasteiger partial charge in [0.15, 0.2) is 0 Å². The van der Waals surface area contributed by atoms with Crippen LogP contribution in [-0.4, -0.2) is 17.0 Å². The van der Waals surface area contributed by atoms with E-state index in [1.807, 2.05) is 0 Å². The summed E-state index contributed by atoms with van der Waals surface area (Å²) in [6.07, 6.45) is 9.67. The van der Waals surface area contributed by atoms with Gasteiger partial charge in [-0.15, -0.1) is 0 Å². The maximum absolute atomic E-state index is 12.4. The summed E-state index contributed by atoms with van der Waals surface area (Å²) in [5, 5.41) is 10.3. The number of ketones is 1. The van der Waals surface area contributed by atoms with Crippen molar-refractivity contribution in [1.29, 1.82) is 0 Å². The number of fused-ring (bicyclic) bond motifs is 5. The first kappa shape index (κ1) is 14.9. The van der Waals surface area contributed by atoms with Gasteiger partial charge in [0, 0.05) is 11.8 Å². The highest BCUT2D eigenvalue weighted by molar-refractivity contribution is 5.87. The summed E-state index contributed by atoms with van der Waals surface area (Å²) in [6.45, 7) is 6.91. The third-order valence-electron chi connectivity index (χ3n) is 8.17. The third-order valence-corrected chi connectivity index (χ3v) is 8.17. The van der Waals surface area contributed by atoms with Gasteiger partial charge in [-0.25, -0.2) is 0 Å². The summed E-state index contributed by atoms with van der Waals surface area (Å²) < 4.78 is 0. The molecule has 3 fully saturated rings. The molecule has 4 aliphatic carbocycles. The van der Waals surface area contributed by atoms with E-state index in [0.717, 1.165) is 44.4 Å². The van der Waals surface area contributed by atoms with Crippen LogP contribution in [0.4, 0.5) is 0 Å². The monoisotopic (exact) mass is 302 g/mol. The number of carbonyl (C=O) groups excluding carboxylic acids is 1. The zero-order chi connectivity index (χ0) is 15.7. The molecular weight excluding hydrogens is 272 g/mol. The van der Waals surface area contributed by atoms with Crippen LogP contribution < -0.4 is 0 Å². The molecule has 0 aromatic rings. The molecule has 122 valence electrons. The number of allylic oxidation sites excluding steroid dienone is 1. The second-order valence-corrected chi connectivity index (χ2v) is 9.13. The van der Waals surface area contributed by atoms with Crippen molar-refractivity contribution in [2.75, 3.05) is 0 Å². The molecule has 0 aromatic carbocycles. The van der Waals surface area contributed by atoms with Gasteiger partial charge in [0.2, 0.25) is 0 Å². The van der Waals surface area contributed by atoms with Gasteiger partial charge in [-0.1, -0.05) is 32.4 Å². The lowest BCUT2D eigenvalue weighted by molar-refractivity contribution is -0.132. The molecule has 0 heterocycles. The van der Waals surface area contributed by atoms with Crippen molar-refractivity contribution in [3.8, 4) is 0 Å². The molecule has 3 saturated carbocycles. The minimum Gasteiger partial charge on any atom is -0.393 e. The first-order valence-electron chi connectivity index (χ1n) is 9.27. The van der Waals surface area contributed by atoms with Crippen LogP contribution in [0.15, 0.2) is 11.6 Å². The number of aliphatic hydroxyl groups excluding tert-OH is 1. The summed E-state index contributed by atoms with van der Waals surface area (Å²) in [4.78, 5) is 12.4. The summed E-state index contributed by atoms with van der Waals surface area (Å²) in [5.74, 6) is 2.96. The number of hydrogen-bond donors (Lipinski definition) is 1. The number of carbonyl (C=O) groups is 1. The average Bonchev–Trinajstić information content (AvgIpc) is 2.77. The maximum Gasteiger partial charge on any atom is 0.139 e. The molecule has 1 N–H and O–H groups in total. The molecule has 2 heteroatoms. The van der Waals surface area contributed by atoms with Crippen molar-refractivity contribution in [2.45, 2.75) is 71.8 Å². The lowest BCUT2D eigenvalue weighted by Gasteiger charge is -2.57. The first-order valence-corrected chi connectivity index (χ1v) is 9.27. The molecule has 22 heavy (non-hydrogen) atoms. The summed E-state index contributed by atoms with van der Waals surface area (Å²) >= 11 is 0. The number of aliphatic hydroxyl groups is 1. The molecule has 2 nitrogen and oxygen atoms in total. The Hall–Kier alpha value is -0.630. The van der Waals surface area contributed by atoms with Crippen LogP contribution in [0.2, 0.25) is 0 Å². The predicted octanol–water partition coefficient (Wildman–Crippen LogP) is 4.13. The molecule has 0 unspecified atom stereocenters. The fourth-order valence-corrected chi connectivity index (χ4v) is 6.76. The largest absolute Gasteiger partial charge is 0.393 e. The van der Waals surface area contributed by atoms with Crippen LogP contribution in [0.3, 0.4) is 0 Å². The van der Waals surface area contributed by atoms with E-state index in [2.05, 4.69) is 26.8 Å². The van der Waals surface area contributed by atoms with Crippen molar-refractivity contribution in [3.63, 3.8) is 0 Å². The van der Waals surface area contributed by atoms with E-state index in [-0.39, 0.29) is 16.9 Å². The van der Waals surface area contributed by atoms with E-state index in [4.69, 9.17) is 0 Å². The molecule has 0 aliphatic heterocycles. The number of Topliss-reactive ketones (excluding diaryl/α,β-unsaturated/α-hetero) is 1. The Bertz CT molecular complexity index is 536. The highest BCUT2D eigenvalue weighted by Crippen LogP contribution is 2.64. The van der Waals surface area contributed by atoms with E-state index < -0.39 is 0 Å². The van der Waals surface area contributed by atoms with Gasteiger partial charge in [-0.2, -0.15) is 0 Å². The fourth-order valence-electron chi connectivity index (χ4n) is 6.76. The highest BCUT2D eigenvalue weighted by atomic mass is 16.3. The lowest BCUT2D eigenvalue weighted by atomic mass is 9.47. The Morgan fingerprint density at radius 1 is 1.18 bits per heavy atom. The zero-order valence-corrected chi connectivity index (χ0v) is 14.3. The molecule has 0 saturated heterocycles. The summed E-state index contributed by atoms with van der Waals surface area (Å²) in [7, 11) is 0. The predicted molar refractivity (Wildman–Crippen MR) is 87.3 cm³/mol. The number of rotatable bonds is 0. The highest BCUT2D eigenvalue weighted by Gasteiger charge is 2.59. The van der Waals surface area contributed by atoms with Crippen molar-refractivity contribution in [1.82, 2.24) is 0 Å². The van der Waals surface area contributed by atoms with E-state index >= 15 is 0 Å². The molecule has 0 amide bonds. The lowest BCUT2D eigenvalue weighted by Crippen LogP contribution is -2.51. The minimum absolute atomic E-state index is 0.0251. The Morgan fingerprint density at radius 3 is 2.68 bits per heavy atom. The number of hydrogen-bond acceptors (Lipinski definition) is 2. The molecular formula is C20H30O2. The zero-order valence-electron chi connectivity index (χ0n) is 14.3. The van der Waals surface area contributed by atoms with E-state index in [1.54, 1.807) is 0 Å². The maximum atomic E-state index is 12.4.